The number of likely N-dealkylation sites (tertiary alicyclic amines) is 1. The molecule has 7 nitrogen and oxygen atoms in total. The predicted octanol–water partition coefficient (Wildman–Crippen LogP) is 1.23. The standard InChI is InChI=1S/C21H27N3O4.ClH/c1-27-17-6-2-13(3-7-17)19-20(28-12-18(25)24(19)16-4-5-16)21(26)23-10-14-8-22-9-15(14)11-23;/h2-3,6-7,14-16,19-20,22H,4-5,8-12H2,1H3;1H/t14-,15+,19-,20+;/m1./s1. The zero-order valence-electron chi connectivity index (χ0n) is 16.6. The van der Waals surface area contributed by atoms with E-state index in [9.17, 15) is 9.59 Å². The molecule has 2 amide bonds. The van der Waals surface area contributed by atoms with Gasteiger partial charge in [-0.25, -0.2) is 0 Å². The Kier molecular flexibility index (Phi) is 5.73. The summed E-state index contributed by atoms with van der Waals surface area (Å²) in [6.07, 6.45) is 1.36. The number of methoxy groups -OCH3 is 1. The number of morpholine rings is 1. The third-order valence-electron chi connectivity index (χ3n) is 6.60. The molecule has 3 aliphatic heterocycles. The van der Waals surface area contributed by atoms with Gasteiger partial charge in [0.05, 0.1) is 13.2 Å². The molecule has 29 heavy (non-hydrogen) atoms. The number of nitrogens with zero attached hydrogens (tertiary/aromatic N) is 2. The molecule has 158 valence electrons. The zero-order valence-corrected chi connectivity index (χ0v) is 17.4. The molecule has 0 radical (unpaired) electrons. The second-order valence-electron chi connectivity index (χ2n) is 8.40. The number of carbonyl (C=O) groups excluding carboxylic acids is 2. The number of nitrogens with one attached hydrogen (secondary N) is 1. The summed E-state index contributed by atoms with van der Waals surface area (Å²) >= 11 is 0. The molecule has 3 saturated heterocycles. The van der Waals surface area contributed by atoms with Crippen molar-refractivity contribution < 1.29 is 19.1 Å². The number of hydrogen-bond donors (Lipinski definition) is 1. The van der Waals surface area contributed by atoms with Crippen LogP contribution in [0.2, 0.25) is 0 Å². The molecule has 8 heteroatoms. The second-order valence-corrected chi connectivity index (χ2v) is 8.40. The van der Waals surface area contributed by atoms with Gasteiger partial charge in [-0.15, -0.1) is 12.4 Å². The monoisotopic (exact) mass is 421 g/mol. The molecule has 4 fully saturated rings. The Morgan fingerprint density at radius 2 is 1.79 bits per heavy atom. The summed E-state index contributed by atoms with van der Waals surface area (Å²) < 4.78 is 11.2. The van der Waals surface area contributed by atoms with Crippen LogP contribution in [0.1, 0.15) is 24.4 Å². The van der Waals surface area contributed by atoms with Crippen LogP contribution < -0.4 is 10.1 Å². The lowest BCUT2D eigenvalue weighted by atomic mass is 9.96. The van der Waals surface area contributed by atoms with Crippen LogP contribution in [0.5, 0.6) is 5.75 Å². The van der Waals surface area contributed by atoms with Crippen LogP contribution in [0, 0.1) is 11.8 Å². The van der Waals surface area contributed by atoms with Crippen LogP contribution in [0.4, 0.5) is 0 Å². The molecular weight excluding hydrogens is 394 g/mol. The van der Waals surface area contributed by atoms with E-state index in [0.717, 1.165) is 50.3 Å². The minimum atomic E-state index is -0.640. The molecule has 1 aromatic carbocycles. The molecule has 3 heterocycles. The largest absolute Gasteiger partial charge is 0.497 e. The number of benzene rings is 1. The number of ether oxygens (including phenoxy) is 2. The highest BCUT2D eigenvalue weighted by molar-refractivity contribution is 5.87. The Morgan fingerprint density at radius 3 is 2.38 bits per heavy atom. The van der Waals surface area contributed by atoms with Gasteiger partial charge in [-0.2, -0.15) is 0 Å². The Labute approximate surface area is 177 Å². The van der Waals surface area contributed by atoms with Crippen LogP contribution in [0.25, 0.3) is 0 Å². The Morgan fingerprint density at radius 1 is 1.14 bits per heavy atom. The summed E-state index contributed by atoms with van der Waals surface area (Å²) in [5.74, 6) is 1.83. The lowest BCUT2D eigenvalue weighted by molar-refractivity contribution is -0.170. The van der Waals surface area contributed by atoms with Gasteiger partial charge in [0.15, 0.2) is 6.10 Å². The molecule has 0 bridgehead atoms. The van der Waals surface area contributed by atoms with E-state index in [4.69, 9.17) is 9.47 Å². The molecule has 1 saturated carbocycles. The molecule has 1 aromatic rings. The van der Waals surface area contributed by atoms with E-state index in [1.54, 1.807) is 7.11 Å². The summed E-state index contributed by atoms with van der Waals surface area (Å²) in [7, 11) is 1.63. The minimum absolute atomic E-state index is 0. The SMILES string of the molecule is COc1ccc([C@@H]2[C@@H](C(=O)N3C[C@H]4CNC[C@H]4C3)OCC(=O)N2C2CC2)cc1.Cl. The maximum absolute atomic E-state index is 13.5. The third kappa shape index (κ3) is 3.71. The van der Waals surface area contributed by atoms with E-state index in [2.05, 4.69) is 5.32 Å². The highest BCUT2D eigenvalue weighted by Gasteiger charge is 2.50. The van der Waals surface area contributed by atoms with E-state index in [0.29, 0.717) is 11.8 Å². The summed E-state index contributed by atoms with van der Waals surface area (Å²) in [5.41, 5.74) is 0.931. The van der Waals surface area contributed by atoms with Crippen LogP contribution >= 0.6 is 12.4 Å². The molecule has 5 rings (SSSR count). The Bertz CT molecular complexity index is 758. The van der Waals surface area contributed by atoms with Crippen LogP contribution in [0.15, 0.2) is 24.3 Å². The zero-order chi connectivity index (χ0) is 19.3. The minimum Gasteiger partial charge on any atom is -0.497 e. The van der Waals surface area contributed by atoms with Crippen LogP contribution in [0.3, 0.4) is 0 Å². The number of rotatable bonds is 4. The smallest absolute Gasteiger partial charge is 0.254 e. The highest BCUT2D eigenvalue weighted by atomic mass is 35.5. The van der Waals surface area contributed by atoms with Gasteiger partial charge in [-0.3, -0.25) is 9.59 Å². The van der Waals surface area contributed by atoms with Crippen molar-refractivity contribution >= 4 is 24.2 Å². The lowest BCUT2D eigenvalue weighted by Crippen LogP contribution is -2.55. The van der Waals surface area contributed by atoms with Crippen molar-refractivity contribution in [1.82, 2.24) is 15.1 Å². The fraction of sp³-hybridized carbons (Fsp3) is 0.619. The summed E-state index contributed by atoms with van der Waals surface area (Å²) in [4.78, 5) is 30.0. The van der Waals surface area contributed by atoms with Gasteiger partial charge in [-0.05, 0) is 42.4 Å². The number of halogens is 1. The molecule has 1 aliphatic carbocycles. The molecule has 4 atom stereocenters. The summed E-state index contributed by atoms with van der Waals surface area (Å²) in [6, 6.07) is 7.51. The van der Waals surface area contributed by atoms with E-state index < -0.39 is 6.10 Å². The Hall–Kier alpha value is -1.83. The van der Waals surface area contributed by atoms with E-state index in [-0.39, 0.29) is 42.9 Å². The average molecular weight is 422 g/mol. The van der Waals surface area contributed by atoms with Crippen molar-refractivity contribution in [3.05, 3.63) is 29.8 Å². The van der Waals surface area contributed by atoms with Crippen molar-refractivity contribution in [1.29, 1.82) is 0 Å². The molecule has 0 aromatic heterocycles. The van der Waals surface area contributed by atoms with Gasteiger partial charge < -0.3 is 24.6 Å². The molecular formula is C21H28ClN3O4. The number of amides is 2. The number of fused-ring (bicyclic) bond motifs is 1. The highest BCUT2D eigenvalue weighted by Crippen LogP contribution is 2.41. The van der Waals surface area contributed by atoms with E-state index >= 15 is 0 Å². The topological polar surface area (TPSA) is 71.1 Å². The molecule has 0 unspecified atom stereocenters. The first-order chi connectivity index (χ1) is 13.7. The first kappa shape index (κ1) is 20.4. The molecule has 0 spiro atoms. The molecule has 1 N–H and O–H groups in total. The first-order valence-corrected chi connectivity index (χ1v) is 10.2. The van der Waals surface area contributed by atoms with Crippen molar-refractivity contribution in [2.75, 3.05) is 39.9 Å². The van der Waals surface area contributed by atoms with Crippen LogP contribution in [-0.2, 0) is 14.3 Å². The second kappa shape index (κ2) is 8.13. The Balaban J connectivity index is 0.00000205. The van der Waals surface area contributed by atoms with Gasteiger partial charge in [0.1, 0.15) is 12.4 Å². The van der Waals surface area contributed by atoms with Crippen molar-refractivity contribution in [3.63, 3.8) is 0 Å². The maximum atomic E-state index is 13.5. The van der Waals surface area contributed by atoms with Gasteiger partial charge >= 0.3 is 0 Å². The lowest BCUT2D eigenvalue weighted by Gasteiger charge is -2.42. The number of carbonyl (C=O) groups is 2. The normalized spacial score (nSPS) is 31.4. The van der Waals surface area contributed by atoms with Gasteiger partial charge in [0.25, 0.3) is 5.91 Å². The quantitative estimate of drug-likeness (QED) is 0.791. The van der Waals surface area contributed by atoms with E-state index in [1.165, 1.54) is 0 Å². The number of hydrogen-bond acceptors (Lipinski definition) is 5. The first-order valence-electron chi connectivity index (χ1n) is 10.2. The van der Waals surface area contributed by atoms with E-state index in [1.807, 2.05) is 34.1 Å². The third-order valence-corrected chi connectivity index (χ3v) is 6.60. The van der Waals surface area contributed by atoms with Crippen molar-refractivity contribution in [3.8, 4) is 5.75 Å². The van der Waals surface area contributed by atoms with Gasteiger partial charge in [-0.1, -0.05) is 12.1 Å². The maximum Gasteiger partial charge on any atom is 0.254 e. The average Bonchev–Trinajstić information content (AvgIpc) is 3.32. The summed E-state index contributed by atoms with van der Waals surface area (Å²) in [5, 5.41) is 3.41. The van der Waals surface area contributed by atoms with Crippen LogP contribution in [-0.4, -0.2) is 73.7 Å². The van der Waals surface area contributed by atoms with Crippen molar-refractivity contribution in [2.24, 2.45) is 11.8 Å². The predicted molar refractivity (Wildman–Crippen MR) is 109 cm³/mol. The molecule has 4 aliphatic rings. The fourth-order valence-corrected chi connectivity index (χ4v) is 4.97. The van der Waals surface area contributed by atoms with Crippen molar-refractivity contribution in [2.45, 2.75) is 31.0 Å². The van der Waals surface area contributed by atoms with Gasteiger partial charge in [0.2, 0.25) is 5.91 Å². The summed E-state index contributed by atoms with van der Waals surface area (Å²) in [6.45, 7) is 3.51. The van der Waals surface area contributed by atoms with Gasteiger partial charge in [0, 0.05) is 32.2 Å². The fourth-order valence-electron chi connectivity index (χ4n) is 4.97.